The lowest BCUT2D eigenvalue weighted by Crippen LogP contribution is -2.19. The Kier molecular flexibility index (Phi) is 1.96. The van der Waals surface area contributed by atoms with Crippen LogP contribution < -0.4 is 0 Å². The molecule has 3 heteroatoms. The zero-order valence-electron chi connectivity index (χ0n) is 9.27. The van der Waals surface area contributed by atoms with Crippen LogP contribution in [0.5, 0.6) is 0 Å². The van der Waals surface area contributed by atoms with Gasteiger partial charge < -0.3 is 0 Å². The summed E-state index contributed by atoms with van der Waals surface area (Å²) in [5.41, 5.74) is 3.07. The zero-order chi connectivity index (χ0) is 11.5. The molecule has 0 saturated carbocycles. The van der Waals surface area contributed by atoms with E-state index in [2.05, 4.69) is 47.3 Å². The lowest BCUT2D eigenvalue weighted by atomic mass is 9.80. The molecule has 0 spiro atoms. The topological polar surface area (TPSA) is 0 Å². The minimum Gasteiger partial charge on any atom is -0.148 e. The molecule has 0 fully saturated rings. The summed E-state index contributed by atoms with van der Waals surface area (Å²) in [6.45, 7) is 2.36. The Hall–Kier alpha value is -0.900. The Morgan fingerprint density at radius 2 is 1.47 bits per heavy atom. The first-order valence-corrected chi connectivity index (χ1v) is 8.16. The Morgan fingerprint density at radius 3 is 2.00 bits per heavy atom. The van der Waals surface area contributed by atoms with Crippen molar-refractivity contribution >= 4 is 34.0 Å². The molecule has 0 bridgehead atoms. The van der Waals surface area contributed by atoms with Crippen LogP contribution in [-0.2, 0) is 5.41 Å². The molecule has 0 amide bonds. The van der Waals surface area contributed by atoms with Crippen LogP contribution in [0, 0.1) is 0 Å². The van der Waals surface area contributed by atoms with Gasteiger partial charge in [-0.15, -0.1) is 34.0 Å². The van der Waals surface area contributed by atoms with Crippen molar-refractivity contribution in [1.82, 2.24) is 0 Å². The van der Waals surface area contributed by atoms with Crippen LogP contribution in [0.4, 0.5) is 0 Å². The summed E-state index contributed by atoms with van der Waals surface area (Å²) in [4.78, 5) is 4.41. The molecule has 0 aliphatic heterocycles. The molecule has 17 heavy (non-hydrogen) atoms. The first kappa shape index (κ1) is 10.1. The largest absolute Gasteiger partial charge is 0.148 e. The van der Waals surface area contributed by atoms with Gasteiger partial charge in [-0.25, -0.2) is 0 Å². The fraction of sp³-hybridized carbons (Fsp3) is 0.143. The van der Waals surface area contributed by atoms with Crippen molar-refractivity contribution in [1.29, 1.82) is 0 Å². The maximum absolute atomic E-state index is 2.36. The van der Waals surface area contributed by atoms with Gasteiger partial charge in [-0.2, -0.15) is 0 Å². The molecule has 0 atom stereocenters. The molecule has 3 heterocycles. The lowest BCUT2D eigenvalue weighted by molar-refractivity contribution is 0.735. The van der Waals surface area contributed by atoms with E-state index in [1.165, 1.54) is 25.8 Å². The van der Waals surface area contributed by atoms with Gasteiger partial charge in [0.1, 0.15) is 0 Å². The third kappa shape index (κ3) is 1.12. The molecule has 1 aliphatic rings. The molecule has 0 radical (unpaired) electrons. The minimum atomic E-state index is 0.0822. The number of rotatable bonds is 1. The Labute approximate surface area is 112 Å². The van der Waals surface area contributed by atoms with Crippen molar-refractivity contribution in [3.63, 3.8) is 0 Å². The lowest BCUT2D eigenvalue weighted by Gasteiger charge is -2.24. The molecule has 4 rings (SSSR count). The molecule has 0 nitrogen and oxygen atoms in total. The quantitative estimate of drug-likeness (QED) is 0.571. The van der Waals surface area contributed by atoms with Crippen LogP contribution in [0.2, 0.25) is 0 Å². The molecule has 0 N–H and O–H groups in total. The highest BCUT2D eigenvalue weighted by Gasteiger charge is 2.43. The second-order valence-corrected chi connectivity index (χ2v) is 7.21. The fourth-order valence-electron chi connectivity index (χ4n) is 2.73. The third-order valence-electron chi connectivity index (χ3n) is 3.63. The van der Waals surface area contributed by atoms with Crippen molar-refractivity contribution in [3.05, 3.63) is 56.4 Å². The first-order valence-electron chi connectivity index (χ1n) is 5.52. The molecule has 84 valence electrons. The predicted molar refractivity (Wildman–Crippen MR) is 77.5 cm³/mol. The van der Waals surface area contributed by atoms with E-state index in [1.807, 2.05) is 34.0 Å². The summed E-state index contributed by atoms with van der Waals surface area (Å²) in [5, 5.41) is 6.62. The van der Waals surface area contributed by atoms with Crippen molar-refractivity contribution in [2.24, 2.45) is 0 Å². The standard InChI is InChI=1S/C14H10S3/c1-14(11-3-2-6-15-11)9-4-7-16-12(9)13-10(14)5-8-17-13/h2-8H,1H3. The molecular formula is C14H10S3. The van der Waals surface area contributed by atoms with Gasteiger partial charge in [0.2, 0.25) is 0 Å². The first-order chi connectivity index (χ1) is 8.32. The van der Waals surface area contributed by atoms with Crippen LogP contribution in [0.1, 0.15) is 22.9 Å². The van der Waals surface area contributed by atoms with Gasteiger partial charge in [0.05, 0.1) is 5.41 Å². The summed E-state index contributed by atoms with van der Waals surface area (Å²) in [6.07, 6.45) is 0. The fourth-order valence-corrected chi connectivity index (χ4v) is 5.85. The average molecular weight is 274 g/mol. The van der Waals surface area contributed by atoms with Crippen LogP contribution >= 0.6 is 34.0 Å². The van der Waals surface area contributed by atoms with Gasteiger partial charge in [-0.1, -0.05) is 6.07 Å². The zero-order valence-corrected chi connectivity index (χ0v) is 11.7. The average Bonchev–Trinajstić information content (AvgIpc) is 3.06. The van der Waals surface area contributed by atoms with Crippen molar-refractivity contribution in [2.45, 2.75) is 12.3 Å². The Morgan fingerprint density at radius 1 is 0.824 bits per heavy atom. The van der Waals surface area contributed by atoms with Crippen LogP contribution in [0.25, 0.3) is 9.75 Å². The normalized spacial score (nSPS) is 15.8. The molecule has 0 aromatic carbocycles. The highest BCUT2D eigenvalue weighted by Crippen LogP contribution is 2.57. The van der Waals surface area contributed by atoms with E-state index in [-0.39, 0.29) is 5.41 Å². The maximum Gasteiger partial charge on any atom is 0.0546 e. The van der Waals surface area contributed by atoms with E-state index in [1.54, 1.807) is 0 Å². The number of fused-ring (bicyclic) bond motifs is 3. The predicted octanol–water partition coefficient (Wildman–Crippen LogP) is 5.21. The highest BCUT2D eigenvalue weighted by atomic mass is 32.1. The highest BCUT2D eigenvalue weighted by molar-refractivity contribution is 7.21. The Balaban J connectivity index is 2.11. The van der Waals surface area contributed by atoms with Crippen LogP contribution in [0.15, 0.2) is 40.4 Å². The van der Waals surface area contributed by atoms with Crippen molar-refractivity contribution in [2.75, 3.05) is 0 Å². The van der Waals surface area contributed by atoms with Crippen LogP contribution in [-0.4, -0.2) is 0 Å². The smallest absolute Gasteiger partial charge is 0.0546 e. The molecule has 3 aromatic heterocycles. The van der Waals surface area contributed by atoms with Crippen molar-refractivity contribution < 1.29 is 0 Å². The van der Waals surface area contributed by atoms with Gasteiger partial charge in [0.25, 0.3) is 0 Å². The number of hydrogen-bond acceptors (Lipinski definition) is 3. The minimum absolute atomic E-state index is 0.0822. The summed E-state index contributed by atoms with van der Waals surface area (Å²) < 4.78 is 0. The second kappa shape index (κ2) is 3.31. The van der Waals surface area contributed by atoms with Crippen LogP contribution in [0.3, 0.4) is 0 Å². The molecular weight excluding hydrogens is 264 g/mol. The summed E-state index contributed by atoms with van der Waals surface area (Å²) >= 11 is 5.61. The maximum atomic E-state index is 2.36. The van der Waals surface area contributed by atoms with E-state index >= 15 is 0 Å². The van der Waals surface area contributed by atoms with E-state index in [9.17, 15) is 0 Å². The summed E-state index contributed by atoms with van der Waals surface area (Å²) in [7, 11) is 0. The molecule has 0 unspecified atom stereocenters. The van der Waals surface area contributed by atoms with E-state index in [0.29, 0.717) is 0 Å². The van der Waals surface area contributed by atoms with Gasteiger partial charge >= 0.3 is 0 Å². The summed E-state index contributed by atoms with van der Waals surface area (Å²) in [6, 6.07) is 9.01. The molecule has 0 saturated heterocycles. The van der Waals surface area contributed by atoms with Gasteiger partial charge in [-0.05, 0) is 52.4 Å². The van der Waals surface area contributed by atoms with Crippen molar-refractivity contribution in [3.8, 4) is 9.75 Å². The molecule has 3 aromatic rings. The molecule has 1 aliphatic carbocycles. The van der Waals surface area contributed by atoms with E-state index in [0.717, 1.165) is 0 Å². The van der Waals surface area contributed by atoms with Gasteiger partial charge in [0, 0.05) is 14.6 Å². The number of hydrogen-bond donors (Lipinski definition) is 0. The SMILES string of the molecule is CC1(c2cccs2)c2ccsc2-c2sccc21. The monoisotopic (exact) mass is 274 g/mol. The second-order valence-electron chi connectivity index (χ2n) is 4.43. The Bertz CT molecular complexity index is 630. The summed E-state index contributed by atoms with van der Waals surface area (Å²) in [5.74, 6) is 0. The van der Waals surface area contributed by atoms with E-state index < -0.39 is 0 Å². The van der Waals surface area contributed by atoms with E-state index in [4.69, 9.17) is 0 Å². The van der Waals surface area contributed by atoms with Gasteiger partial charge in [0.15, 0.2) is 0 Å². The third-order valence-corrected chi connectivity index (χ3v) is 6.71. The number of thiophene rings is 3. The van der Waals surface area contributed by atoms with Gasteiger partial charge in [-0.3, -0.25) is 0 Å².